The average Bonchev–Trinajstić information content (AvgIpc) is 2.57. The van der Waals surface area contributed by atoms with Crippen molar-refractivity contribution in [3.63, 3.8) is 0 Å². The van der Waals surface area contributed by atoms with Gasteiger partial charge < -0.3 is 4.74 Å². The molecule has 0 aliphatic heterocycles. The highest BCUT2D eigenvalue weighted by Gasteiger charge is 1.99. The molecule has 1 heterocycles. The molecule has 0 radical (unpaired) electrons. The molecule has 3 rings (SSSR count). The summed E-state index contributed by atoms with van der Waals surface area (Å²) in [7, 11) is 0. The molecular weight excluding hydrogens is 336 g/mol. The van der Waals surface area contributed by atoms with Crippen molar-refractivity contribution in [3.8, 4) is 11.5 Å². The highest BCUT2D eigenvalue weighted by molar-refractivity contribution is 6.30. The van der Waals surface area contributed by atoms with Gasteiger partial charge in [0.15, 0.2) is 0 Å². The van der Waals surface area contributed by atoms with E-state index in [2.05, 4.69) is 20.5 Å². The zero-order chi connectivity index (χ0) is 17.6. The van der Waals surface area contributed by atoms with Gasteiger partial charge in [-0.2, -0.15) is 5.10 Å². The molecule has 5 nitrogen and oxygen atoms in total. The number of hydrogen-bond acceptors (Lipinski definition) is 5. The molecule has 0 saturated carbocycles. The van der Waals surface area contributed by atoms with E-state index < -0.39 is 0 Å². The van der Waals surface area contributed by atoms with Crippen LogP contribution in [-0.4, -0.2) is 16.2 Å². The molecule has 1 aromatic heterocycles. The average molecular weight is 353 g/mol. The molecule has 126 valence electrons. The van der Waals surface area contributed by atoms with E-state index in [-0.39, 0.29) is 0 Å². The molecule has 0 bridgehead atoms. The maximum Gasteiger partial charge on any atom is 0.243 e. The Morgan fingerprint density at radius 3 is 2.40 bits per heavy atom. The van der Waals surface area contributed by atoms with Gasteiger partial charge in [0.2, 0.25) is 5.95 Å². The number of aromatic nitrogens is 2. The Kier molecular flexibility index (Phi) is 5.26. The number of aryl methyl sites for hydroxylation is 2. The van der Waals surface area contributed by atoms with Gasteiger partial charge in [0.1, 0.15) is 11.5 Å². The summed E-state index contributed by atoms with van der Waals surface area (Å²) in [4.78, 5) is 8.55. The lowest BCUT2D eigenvalue weighted by Gasteiger charge is -2.06. The van der Waals surface area contributed by atoms with Gasteiger partial charge >= 0.3 is 0 Å². The summed E-state index contributed by atoms with van der Waals surface area (Å²) < 4.78 is 5.80. The Morgan fingerprint density at radius 2 is 1.68 bits per heavy atom. The minimum absolute atomic E-state index is 0.474. The van der Waals surface area contributed by atoms with Gasteiger partial charge in [0.05, 0.1) is 6.21 Å². The number of benzene rings is 2. The third-order valence-electron chi connectivity index (χ3n) is 3.27. The van der Waals surface area contributed by atoms with E-state index in [1.54, 1.807) is 18.3 Å². The van der Waals surface area contributed by atoms with E-state index in [9.17, 15) is 0 Å². The number of nitrogens with one attached hydrogen (secondary N) is 1. The molecule has 0 spiro atoms. The van der Waals surface area contributed by atoms with Crippen LogP contribution in [0.5, 0.6) is 11.5 Å². The van der Waals surface area contributed by atoms with Crippen LogP contribution in [0.2, 0.25) is 5.02 Å². The molecule has 2 aromatic carbocycles. The Hall–Kier alpha value is -2.92. The summed E-state index contributed by atoms with van der Waals surface area (Å²) in [6.45, 7) is 3.84. The molecule has 6 heteroatoms. The fourth-order valence-electron chi connectivity index (χ4n) is 2.24. The highest BCUT2D eigenvalue weighted by atomic mass is 35.5. The van der Waals surface area contributed by atoms with E-state index >= 15 is 0 Å². The van der Waals surface area contributed by atoms with E-state index in [4.69, 9.17) is 16.3 Å². The van der Waals surface area contributed by atoms with Crippen molar-refractivity contribution in [3.05, 3.63) is 76.6 Å². The second-order valence-electron chi connectivity index (χ2n) is 5.47. The second-order valence-corrected chi connectivity index (χ2v) is 5.91. The number of halogens is 1. The van der Waals surface area contributed by atoms with Crippen LogP contribution < -0.4 is 10.2 Å². The minimum Gasteiger partial charge on any atom is -0.457 e. The molecular formula is C19H17ClN4O. The summed E-state index contributed by atoms with van der Waals surface area (Å²) in [6, 6.07) is 16.7. The molecule has 0 unspecified atom stereocenters. The van der Waals surface area contributed by atoms with E-state index in [1.807, 2.05) is 56.3 Å². The first-order chi connectivity index (χ1) is 12.1. The Labute approximate surface area is 151 Å². The monoisotopic (exact) mass is 352 g/mol. The first kappa shape index (κ1) is 16.9. The predicted octanol–water partition coefficient (Wildman–Crippen LogP) is 4.99. The van der Waals surface area contributed by atoms with Crippen molar-refractivity contribution < 1.29 is 4.74 Å². The standard InChI is InChI=1S/C19H17ClN4O/c1-13-10-14(2)23-19(22-13)24-21-12-15-4-3-5-18(11-15)25-17-8-6-16(20)7-9-17/h3-12H,1-2H3,(H,22,23,24)/b21-12+. The molecule has 0 amide bonds. The minimum atomic E-state index is 0.474. The van der Waals surface area contributed by atoms with Crippen LogP contribution >= 0.6 is 11.6 Å². The summed E-state index contributed by atoms with van der Waals surface area (Å²) >= 11 is 5.88. The van der Waals surface area contributed by atoms with E-state index in [1.165, 1.54) is 0 Å². The van der Waals surface area contributed by atoms with Crippen LogP contribution in [-0.2, 0) is 0 Å². The van der Waals surface area contributed by atoms with Crippen molar-refractivity contribution in [1.82, 2.24) is 9.97 Å². The number of ether oxygens (including phenoxy) is 1. The fourth-order valence-corrected chi connectivity index (χ4v) is 2.36. The van der Waals surface area contributed by atoms with Crippen molar-refractivity contribution >= 4 is 23.8 Å². The van der Waals surface area contributed by atoms with Gasteiger partial charge in [-0.05, 0) is 61.9 Å². The van der Waals surface area contributed by atoms with Crippen LogP contribution in [0.15, 0.2) is 59.7 Å². The van der Waals surface area contributed by atoms with Crippen LogP contribution in [0.1, 0.15) is 17.0 Å². The molecule has 0 fully saturated rings. The predicted molar refractivity (Wildman–Crippen MR) is 101 cm³/mol. The summed E-state index contributed by atoms with van der Waals surface area (Å²) in [5, 5.41) is 4.85. The van der Waals surface area contributed by atoms with Gasteiger partial charge in [-0.15, -0.1) is 0 Å². The van der Waals surface area contributed by atoms with Crippen molar-refractivity contribution in [2.45, 2.75) is 13.8 Å². The van der Waals surface area contributed by atoms with Crippen molar-refractivity contribution in [2.24, 2.45) is 5.10 Å². The number of hydrazone groups is 1. The molecule has 0 saturated heterocycles. The van der Waals surface area contributed by atoms with Crippen LogP contribution in [0.4, 0.5) is 5.95 Å². The lowest BCUT2D eigenvalue weighted by Crippen LogP contribution is -1.99. The topological polar surface area (TPSA) is 59.4 Å². The van der Waals surface area contributed by atoms with Crippen molar-refractivity contribution in [2.75, 3.05) is 5.43 Å². The fraction of sp³-hybridized carbons (Fsp3) is 0.105. The lowest BCUT2D eigenvalue weighted by molar-refractivity contribution is 0.482. The molecule has 0 atom stereocenters. The largest absolute Gasteiger partial charge is 0.457 e. The number of hydrogen-bond donors (Lipinski definition) is 1. The molecule has 1 N–H and O–H groups in total. The number of anilines is 1. The first-order valence-electron chi connectivity index (χ1n) is 7.73. The molecule has 0 aliphatic rings. The third-order valence-corrected chi connectivity index (χ3v) is 3.52. The van der Waals surface area contributed by atoms with Crippen LogP contribution in [0.3, 0.4) is 0 Å². The molecule has 3 aromatic rings. The highest BCUT2D eigenvalue weighted by Crippen LogP contribution is 2.23. The zero-order valence-electron chi connectivity index (χ0n) is 13.9. The van der Waals surface area contributed by atoms with Gasteiger partial charge in [0.25, 0.3) is 0 Å². The lowest BCUT2D eigenvalue weighted by atomic mass is 10.2. The van der Waals surface area contributed by atoms with Gasteiger partial charge in [0, 0.05) is 16.4 Å². The van der Waals surface area contributed by atoms with Gasteiger partial charge in [-0.1, -0.05) is 23.7 Å². The molecule has 0 aliphatic carbocycles. The Bertz CT molecular complexity index is 874. The Balaban J connectivity index is 1.67. The summed E-state index contributed by atoms with van der Waals surface area (Å²) in [6.07, 6.45) is 1.69. The summed E-state index contributed by atoms with van der Waals surface area (Å²) in [5.74, 6) is 1.91. The number of nitrogens with zero attached hydrogens (tertiary/aromatic N) is 3. The van der Waals surface area contributed by atoms with E-state index in [0.717, 1.165) is 22.7 Å². The first-order valence-corrected chi connectivity index (χ1v) is 8.11. The Morgan fingerprint density at radius 1 is 0.960 bits per heavy atom. The van der Waals surface area contributed by atoms with Crippen LogP contribution in [0, 0.1) is 13.8 Å². The zero-order valence-corrected chi connectivity index (χ0v) is 14.7. The third kappa shape index (κ3) is 5.02. The smallest absolute Gasteiger partial charge is 0.243 e. The van der Waals surface area contributed by atoms with Gasteiger partial charge in [-0.25, -0.2) is 15.4 Å². The van der Waals surface area contributed by atoms with Crippen molar-refractivity contribution in [1.29, 1.82) is 0 Å². The summed E-state index contributed by atoms with van der Waals surface area (Å²) in [5.41, 5.74) is 5.52. The van der Waals surface area contributed by atoms with E-state index in [0.29, 0.717) is 16.7 Å². The quantitative estimate of drug-likeness (QED) is 0.519. The maximum absolute atomic E-state index is 5.88. The normalized spacial score (nSPS) is 10.8. The second kappa shape index (κ2) is 7.77. The SMILES string of the molecule is Cc1cc(C)nc(N/N=C/c2cccc(Oc3ccc(Cl)cc3)c2)n1. The maximum atomic E-state index is 5.88. The number of rotatable bonds is 5. The van der Waals surface area contributed by atoms with Gasteiger partial charge in [-0.3, -0.25) is 0 Å². The van der Waals surface area contributed by atoms with Crippen LogP contribution in [0.25, 0.3) is 0 Å². The molecule has 25 heavy (non-hydrogen) atoms.